The molecule has 1 atom stereocenters. The molecule has 1 aliphatic heterocycles. The van der Waals surface area contributed by atoms with E-state index in [4.69, 9.17) is 5.11 Å². The molecule has 1 saturated heterocycles. The Morgan fingerprint density at radius 1 is 1.53 bits per heavy atom. The van der Waals surface area contributed by atoms with E-state index in [-0.39, 0.29) is 11.8 Å². The first-order valence-corrected chi connectivity index (χ1v) is 5.36. The van der Waals surface area contributed by atoms with Gasteiger partial charge in [0, 0.05) is 13.1 Å². The summed E-state index contributed by atoms with van der Waals surface area (Å²) in [6, 6.07) is 0. The fourth-order valence-electron chi connectivity index (χ4n) is 1.67. The summed E-state index contributed by atoms with van der Waals surface area (Å²) >= 11 is 0. The molecule has 0 aromatic heterocycles. The molecular formula is C10H18N2O3. The number of nitrogens with zero attached hydrogens (tertiary/aromatic N) is 1. The average Bonchev–Trinajstić information content (AvgIpc) is 2.66. The predicted octanol–water partition coefficient (Wildman–Crippen LogP) is -0.0809. The van der Waals surface area contributed by atoms with Gasteiger partial charge in [-0.1, -0.05) is 6.92 Å². The summed E-state index contributed by atoms with van der Waals surface area (Å²) in [4.78, 5) is 23.9. The molecule has 15 heavy (non-hydrogen) atoms. The number of rotatable bonds is 5. The van der Waals surface area contributed by atoms with E-state index < -0.39 is 5.97 Å². The van der Waals surface area contributed by atoms with Crippen LogP contribution in [-0.2, 0) is 9.59 Å². The van der Waals surface area contributed by atoms with Crippen LogP contribution in [-0.4, -0.2) is 48.1 Å². The van der Waals surface area contributed by atoms with Crippen molar-refractivity contribution in [1.29, 1.82) is 0 Å². The maximum absolute atomic E-state index is 11.6. The normalized spacial score (nSPS) is 20.6. The zero-order valence-electron chi connectivity index (χ0n) is 9.03. The number of carboxylic acid groups (broad SMARTS) is 1. The first kappa shape index (κ1) is 12.0. The highest BCUT2D eigenvalue weighted by Crippen LogP contribution is 2.15. The maximum atomic E-state index is 11.6. The number of hydrogen-bond acceptors (Lipinski definition) is 3. The molecule has 0 bridgehead atoms. The van der Waals surface area contributed by atoms with Crippen molar-refractivity contribution in [3.63, 3.8) is 0 Å². The molecule has 1 unspecified atom stereocenters. The zero-order valence-corrected chi connectivity index (χ0v) is 9.03. The van der Waals surface area contributed by atoms with E-state index in [1.165, 1.54) is 0 Å². The van der Waals surface area contributed by atoms with Crippen molar-refractivity contribution in [2.75, 3.05) is 26.2 Å². The molecule has 0 spiro atoms. The number of nitrogens with one attached hydrogen (secondary N) is 1. The minimum atomic E-state index is -0.799. The minimum Gasteiger partial charge on any atom is -0.481 e. The minimum absolute atomic E-state index is 0.00667. The molecular weight excluding hydrogens is 196 g/mol. The third kappa shape index (κ3) is 3.51. The van der Waals surface area contributed by atoms with Crippen molar-refractivity contribution in [2.24, 2.45) is 5.92 Å². The molecule has 5 heteroatoms. The summed E-state index contributed by atoms with van der Waals surface area (Å²) in [5.74, 6) is -1.17. The zero-order chi connectivity index (χ0) is 11.3. The summed E-state index contributed by atoms with van der Waals surface area (Å²) in [6.07, 6.45) is 1.57. The Morgan fingerprint density at radius 3 is 2.80 bits per heavy atom. The van der Waals surface area contributed by atoms with E-state index in [0.717, 1.165) is 13.0 Å². The number of carbonyl (C=O) groups excluding carboxylic acids is 1. The molecule has 0 aromatic rings. The molecule has 86 valence electrons. The van der Waals surface area contributed by atoms with E-state index >= 15 is 0 Å². The second-order valence-corrected chi connectivity index (χ2v) is 3.84. The third-order valence-corrected chi connectivity index (χ3v) is 2.59. The Hall–Kier alpha value is -1.10. The van der Waals surface area contributed by atoms with Gasteiger partial charge in [0.2, 0.25) is 5.91 Å². The molecule has 1 amide bonds. The molecule has 0 aromatic carbocycles. The van der Waals surface area contributed by atoms with Gasteiger partial charge in [-0.05, 0) is 19.4 Å². The van der Waals surface area contributed by atoms with Crippen LogP contribution in [0.1, 0.15) is 19.8 Å². The van der Waals surface area contributed by atoms with Crippen LogP contribution < -0.4 is 5.32 Å². The van der Waals surface area contributed by atoms with Crippen LogP contribution in [0.15, 0.2) is 0 Å². The number of carboxylic acids is 1. The van der Waals surface area contributed by atoms with Gasteiger partial charge in [0.25, 0.3) is 0 Å². The van der Waals surface area contributed by atoms with Gasteiger partial charge < -0.3 is 15.3 Å². The Bertz CT molecular complexity index is 243. The fraction of sp³-hybridized carbons (Fsp3) is 0.800. The lowest BCUT2D eigenvalue weighted by Crippen LogP contribution is -2.37. The van der Waals surface area contributed by atoms with Crippen LogP contribution in [0.4, 0.5) is 0 Å². The summed E-state index contributed by atoms with van der Waals surface area (Å²) in [7, 11) is 0. The first-order chi connectivity index (χ1) is 7.15. The van der Waals surface area contributed by atoms with E-state index in [2.05, 4.69) is 5.32 Å². The van der Waals surface area contributed by atoms with Crippen LogP contribution in [0, 0.1) is 5.92 Å². The van der Waals surface area contributed by atoms with Gasteiger partial charge in [0.15, 0.2) is 0 Å². The van der Waals surface area contributed by atoms with Gasteiger partial charge in [-0.15, -0.1) is 0 Å². The SMILES string of the molecule is CCCNCC(=O)N1CCC(C(=O)O)C1. The second-order valence-electron chi connectivity index (χ2n) is 3.84. The third-order valence-electron chi connectivity index (χ3n) is 2.59. The second kappa shape index (κ2) is 5.70. The molecule has 0 saturated carbocycles. The monoisotopic (exact) mass is 214 g/mol. The number of aliphatic carboxylic acids is 1. The quantitative estimate of drug-likeness (QED) is 0.628. The highest BCUT2D eigenvalue weighted by Gasteiger charge is 2.30. The molecule has 5 nitrogen and oxygen atoms in total. The van der Waals surface area contributed by atoms with Gasteiger partial charge in [-0.2, -0.15) is 0 Å². The van der Waals surface area contributed by atoms with Crippen molar-refractivity contribution in [3.8, 4) is 0 Å². The van der Waals surface area contributed by atoms with Crippen molar-refractivity contribution >= 4 is 11.9 Å². The first-order valence-electron chi connectivity index (χ1n) is 5.36. The Morgan fingerprint density at radius 2 is 2.27 bits per heavy atom. The smallest absolute Gasteiger partial charge is 0.308 e. The van der Waals surface area contributed by atoms with Gasteiger partial charge >= 0.3 is 5.97 Å². The van der Waals surface area contributed by atoms with Crippen LogP contribution >= 0.6 is 0 Å². The van der Waals surface area contributed by atoms with E-state index in [0.29, 0.717) is 26.1 Å². The molecule has 1 rings (SSSR count). The average molecular weight is 214 g/mol. The fourth-order valence-corrected chi connectivity index (χ4v) is 1.67. The van der Waals surface area contributed by atoms with Crippen LogP contribution in [0.3, 0.4) is 0 Å². The van der Waals surface area contributed by atoms with E-state index in [9.17, 15) is 9.59 Å². The lowest BCUT2D eigenvalue weighted by atomic mass is 10.1. The van der Waals surface area contributed by atoms with Gasteiger partial charge in [0.05, 0.1) is 12.5 Å². The van der Waals surface area contributed by atoms with Gasteiger partial charge in [-0.3, -0.25) is 9.59 Å². The number of amides is 1. The summed E-state index contributed by atoms with van der Waals surface area (Å²) in [5.41, 5.74) is 0. The molecule has 0 aliphatic carbocycles. The molecule has 1 heterocycles. The van der Waals surface area contributed by atoms with Crippen LogP contribution in [0.5, 0.6) is 0 Å². The van der Waals surface area contributed by atoms with Crippen LogP contribution in [0.25, 0.3) is 0 Å². The van der Waals surface area contributed by atoms with Crippen LogP contribution in [0.2, 0.25) is 0 Å². The highest BCUT2D eigenvalue weighted by molar-refractivity contribution is 5.80. The van der Waals surface area contributed by atoms with E-state index in [1.54, 1.807) is 4.90 Å². The lowest BCUT2D eigenvalue weighted by Gasteiger charge is -2.15. The lowest BCUT2D eigenvalue weighted by molar-refractivity contribution is -0.141. The summed E-state index contributed by atoms with van der Waals surface area (Å²) in [5, 5.41) is 11.8. The Kier molecular flexibility index (Phi) is 4.55. The van der Waals surface area contributed by atoms with E-state index in [1.807, 2.05) is 6.92 Å². The van der Waals surface area contributed by atoms with Crippen molar-refractivity contribution in [3.05, 3.63) is 0 Å². The van der Waals surface area contributed by atoms with Crippen molar-refractivity contribution in [1.82, 2.24) is 10.2 Å². The number of likely N-dealkylation sites (tertiary alicyclic amines) is 1. The molecule has 2 N–H and O–H groups in total. The van der Waals surface area contributed by atoms with Gasteiger partial charge in [0.1, 0.15) is 0 Å². The molecule has 1 aliphatic rings. The summed E-state index contributed by atoms with van der Waals surface area (Å²) in [6.45, 7) is 4.11. The Labute approximate surface area is 89.4 Å². The predicted molar refractivity (Wildman–Crippen MR) is 55.5 cm³/mol. The Balaban J connectivity index is 2.27. The summed E-state index contributed by atoms with van der Waals surface area (Å²) < 4.78 is 0. The number of carbonyl (C=O) groups is 2. The highest BCUT2D eigenvalue weighted by atomic mass is 16.4. The van der Waals surface area contributed by atoms with Crippen molar-refractivity contribution < 1.29 is 14.7 Å². The largest absolute Gasteiger partial charge is 0.481 e. The maximum Gasteiger partial charge on any atom is 0.308 e. The molecule has 1 fully saturated rings. The molecule has 0 radical (unpaired) electrons. The van der Waals surface area contributed by atoms with Crippen molar-refractivity contribution in [2.45, 2.75) is 19.8 Å². The van der Waals surface area contributed by atoms with Gasteiger partial charge in [-0.25, -0.2) is 0 Å². The standard InChI is InChI=1S/C10H18N2O3/c1-2-4-11-6-9(13)12-5-3-8(7-12)10(14)15/h8,11H,2-7H2,1H3,(H,14,15). The topological polar surface area (TPSA) is 69.6 Å². The number of hydrogen-bond donors (Lipinski definition) is 2.